The quantitative estimate of drug-likeness (QED) is 0.838. The molecule has 1 aromatic carbocycles. The van der Waals surface area contributed by atoms with E-state index in [1.54, 1.807) is 0 Å². The van der Waals surface area contributed by atoms with E-state index in [0.29, 0.717) is 12.3 Å². The first-order chi connectivity index (χ1) is 8.65. The lowest BCUT2D eigenvalue weighted by molar-refractivity contribution is -0.129. The van der Waals surface area contributed by atoms with Crippen LogP contribution in [0.15, 0.2) is 24.3 Å². The Morgan fingerprint density at radius 2 is 2.11 bits per heavy atom. The Kier molecular flexibility index (Phi) is 4.57. The average Bonchev–Trinajstić information content (AvgIpc) is 2.74. The predicted octanol–water partition coefficient (Wildman–Crippen LogP) is 3.57. The second-order valence-electron chi connectivity index (χ2n) is 4.77. The highest BCUT2D eigenvalue weighted by Crippen LogP contribution is 2.31. The maximum atomic E-state index is 12.1. The third kappa shape index (κ3) is 2.83. The number of carbonyl (C=O) groups is 1. The van der Waals surface area contributed by atoms with Crippen molar-refractivity contribution in [3.63, 3.8) is 0 Å². The summed E-state index contributed by atoms with van der Waals surface area (Å²) in [4.78, 5) is 14.0. The number of benzene rings is 1. The van der Waals surface area contributed by atoms with E-state index < -0.39 is 0 Å². The zero-order valence-electron chi connectivity index (χ0n) is 10.5. The summed E-state index contributed by atoms with van der Waals surface area (Å²) in [7, 11) is 0. The molecule has 2 nitrogen and oxygen atoms in total. The molecule has 1 aliphatic rings. The summed E-state index contributed by atoms with van der Waals surface area (Å²) in [6, 6.07) is 7.96. The predicted molar refractivity (Wildman–Crippen MR) is 78.2 cm³/mol. The molecule has 1 aromatic rings. The fourth-order valence-corrected chi connectivity index (χ4v) is 2.92. The largest absolute Gasteiger partial charge is 0.335 e. The van der Waals surface area contributed by atoms with Gasteiger partial charge in [0.1, 0.15) is 0 Å². The minimum atomic E-state index is 0.166. The minimum Gasteiger partial charge on any atom is -0.335 e. The first kappa shape index (κ1) is 13.8. The van der Waals surface area contributed by atoms with Crippen LogP contribution in [0.2, 0.25) is 5.02 Å². The summed E-state index contributed by atoms with van der Waals surface area (Å²) in [6.07, 6.45) is 1.56. The Hall–Kier alpha value is -0.670. The first-order valence-corrected chi connectivity index (χ1v) is 7.32. The zero-order chi connectivity index (χ0) is 13.1. The van der Waals surface area contributed by atoms with E-state index in [9.17, 15) is 4.79 Å². The van der Waals surface area contributed by atoms with Crippen molar-refractivity contribution in [2.75, 3.05) is 12.3 Å². The SMILES string of the molecule is CCC(c1ccc(Cl)cc1)N1CC(CS)CC1=O. The van der Waals surface area contributed by atoms with Gasteiger partial charge in [0, 0.05) is 18.0 Å². The van der Waals surface area contributed by atoms with Crippen LogP contribution in [-0.2, 0) is 4.79 Å². The number of halogens is 1. The van der Waals surface area contributed by atoms with Crippen molar-refractivity contribution < 1.29 is 4.79 Å². The third-order valence-electron chi connectivity index (χ3n) is 3.51. The molecule has 0 aliphatic carbocycles. The molecular weight excluding hydrogens is 266 g/mol. The van der Waals surface area contributed by atoms with E-state index in [-0.39, 0.29) is 11.9 Å². The van der Waals surface area contributed by atoms with Crippen LogP contribution in [-0.4, -0.2) is 23.1 Å². The Morgan fingerprint density at radius 1 is 1.44 bits per heavy atom. The molecule has 1 saturated heterocycles. The fraction of sp³-hybridized carbons (Fsp3) is 0.500. The average molecular weight is 284 g/mol. The molecule has 18 heavy (non-hydrogen) atoms. The highest BCUT2D eigenvalue weighted by Gasteiger charge is 2.33. The molecule has 1 amide bonds. The smallest absolute Gasteiger partial charge is 0.223 e. The van der Waals surface area contributed by atoms with Gasteiger partial charge in [-0.05, 0) is 35.8 Å². The van der Waals surface area contributed by atoms with Crippen LogP contribution in [0.5, 0.6) is 0 Å². The molecule has 2 unspecified atom stereocenters. The molecule has 0 N–H and O–H groups in total. The minimum absolute atomic E-state index is 0.166. The van der Waals surface area contributed by atoms with Gasteiger partial charge in [-0.2, -0.15) is 12.6 Å². The molecule has 0 radical (unpaired) electrons. The van der Waals surface area contributed by atoms with Gasteiger partial charge in [-0.25, -0.2) is 0 Å². The van der Waals surface area contributed by atoms with Crippen molar-refractivity contribution in [1.82, 2.24) is 4.90 Å². The van der Waals surface area contributed by atoms with Gasteiger partial charge in [-0.3, -0.25) is 4.79 Å². The fourth-order valence-electron chi connectivity index (χ4n) is 2.55. The molecule has 2 atom stereocenters. The zero-order valence-corrected chi connectivity index (χ0v) is 12.1. The lowest BCUT2D eigenvalue weighted by Crippen LogP contribution is -2.30. The lowest BCUT2D eigenvalue weighted by Gasteiger charge is -2.27. The van der Waals surface area contributed by atoms with Gasteiger partial charge in [0.2, 0.25) is 5.91 Å². The Labute approximate surface area is 119 Å². The summed E-state index contributed by atoms with van der Waals surface area (Å²) < 4.78 is 0. The van der Waals surface area contributed by atoms with Gasteiger partial charge >= 0.3 is 0 Å². The number of hydrogen-bond donors (Lipinski definition) is 1. The highest BCUT2D eigenvalue weighted by molar-refractivity contribution is 7.80. The maximum absolute atomic E-state index is 12.1. The molecule has 0 aromatic heterocycles. The lowest BCUT2D eigenvalue weighted by atomic mass is 10.0. The van der Waals surface area contributed by atoms with E-state index in [1.807, 2.05) is 29.2 Å². The molecule has 0 spiro atoms. The summed E-state index contributed by atoms with van der Waals surface area (Å²) in [5.74, 6) is 1.41. The van der Waals surface area contributed by atoms with Crippen LogP contribution in [0.25, 0.3) is 0 Å². The molecule has 1 heterocycles. The van der Waals surface area contributed by atoms with Gasteiger partial charge in [0.05, 0.1) is 6.04 Å². The first-order valence-electron chi connectivity index (χ1n) is 6.31. The Balaban J connectivity index is 2.18. The van der Waals surface area contributed by atoms with E-state index in [2.05, 4.69) is 19.6 Å². The molecule has 4 heteroatoms. The number of carbonyl (C=O) groups excluding carboxylic acids is 1. The highest BCUT2D eigenvalue weighted by atomic mass is 35.5. The number of likely N-dealkylation sites (tertiary alicyclic amines) is 1. The van der Waals surface area contributed by atoms with Crippen LogP contribution in [0.4, 0.5) is 0 Å². The molecule has 0 bridgehead atoms. The number of amides is 1. The van der Waals surface area contributed by atoms with Crippen molar-refractivity contribution in [1.29, 1.82) is 0 Å². The van der Waals surface area contributed by atoms with Crippen molar-refractivity contribution in [2.24, 2.45) is 5.92 Å². The standard InChI is InChI=1S/C14H18ClNOS/c1-2-13(11-3-5-12(15)6-4-11)16-8-10(9-18)7-14(16)17/h3-6,10,13,18H,2,7-9H2,1H3. The monoisotopic (exact) mass is 283 g/mol. The number of thiol groups is 1. The molecular formula is C14H18ClNOS. The number of rotatable bonds is 4. The second-order valence-corrected chi connectivity index (χ2v) is 5.58. The third-order valence-corrected chi connectivity index (χ3v) is 4.28. The van der Waals surface area contributed by atoms with E-state index in [4.69, 9.17) is 11.6 Å². The van der Waals surface area contributed by atoms with Gasteiger partial charge < -0.3 is 4.90 Å². The normalized spacial score (nSPS) is 21.4. The summed E-state index contributed by atoms with van der Waals surface area (Å²) >= 11 is 10.2. The van der Waals surface area contributed by atoms with E-state index in [0.717, 1.165) is 29.3 Å². The summed E-state index contributed by atoms with van der Waals surface area (Å²) in [5.41, 5.74) is 1.16. The number of nitrogens with zero attached hydrogens (tertiary/aromatic N) is 1. The van der Waals surface area contributed by atoms with Crippen molar-refractivity contribution in [2.45, 2.75) is 25.8 Å². The molecule has 0 saturated carbocycles. The van der Waals surface area contributed by atoms with Crippen LogP contribution in [0.1, 0.15) is 31.4 Å². The van der Waals surface area contributed by atoms with Gasteiger partial charge in [0.15, 0.2) is 0 Å². The van der Waals surface area contributed by atoms with Crippen molar-refractivity contribution in [3.8, 4) is 0 Å². The molecule has 98 valence electrons. The Bertz CT molecular complexity index is 420. The second kappa shape index (κ2) is 5.98. The van der Waals surface area contributed by atoms with Crippen molar-refractivity contribution >= 4 is 30.1 Å². The topological polar surface area (TPSA) is 20.3 Å². The molecule has 1 aliphatic heterocycles. The van der Waals surface area contributed by atoms with E-state index >= 15 is 0 Å². The van der Waals surface area contributed by atoms with Crippen molar-refractivity contribution in [3.05, 3.63) is 34.9 Å². The maximum Gasteiger partial charge on any atom is 0.223 e. The van der Waals surface area contributed by atoms with Gasteiger partial charge in [-0.1, -0.05) is 30.7 Å². The van der Waals surface area contributed by atoms with E-state index in [1.165, 1.54) is 0 Å². The van der Waals surface area contributed by atoms with Gasteiger partial charge in [-0.15, -0.1) is 0 Å². The Morgan fingerprint density at radius 3 is 2.61 bits per heavy atom. The van der Waals surface area contributed by atoms with Gasteiger partial charge in [0.25, 0.3) is 0 Å². The van der Waals surface area contributed by atoms with Crippen LogP contribution in [0.3, 0.4) is 0 Å². The number of hydrogen-bond acceptors (Lipinski definition) is 2. The summed E-state index contributed by atoms with van der Waals surface area (Å²) in [6.45, 7) is 2.93. The molecule has 1 fully saturated rings. The van der Waals surface area contributed by atoms with Crippen LogP contribution >= 0.6 is 24.2 Å². The van der Waals surface area contributed by atoms with Crippen LogP contribution in [0, 0.1) is 5.92 Å². The molecule has 2 rings (SSSR count). The summed E-state index contributed by atoms with van der Waals surface area (Å²) in [5, 5.41) is 0.731. The van der Waals surface area contributed by atoms with Crippen LogP contribution < -0.4 is 0 Å².